The molecule has 0 saturated carbocycles. The van der Waals surface area contributed by atoms with Crippen molar-refractivity contribution in [1.82, 2.24) is 10.3 Å². The van der Waals surface area contributed by atoms with Crippen molar-refractivity contribution >= 4 is 18.1 Å². The predicted octanol–water partition coefficient (Wildman–Crippen LogP) is 0.559. The molecule has 0 aromatic carbocycles. The van der Waals surface area contributed by atoms with Crippen molar-refractivity contribution in [2.75, 3.05) is 6.67 Å². The molecule has 0 fully saturated rings. The smallest absolute Gasteiger partial charge is 0.295 e. The Labute approximate surface area is 70.5 Å². The van der Waals surface area contributed by atoms with Gasteiger partial charge in [-0.3, -0.25) is 5.32 Å². The average molecular weight is 166 g/mol. The van der Waals surface area contributed by atoms with Gasteiger partial charge in [0.2, 0.25) is 0 Å². The molecule has 5 nitrogen and oxygen atoms in total. The molecule has 1 aliphatic heterocycles. The summed E-state index contributed by atoms with van der Waals surface area (Å²) in [5.41, 5.74) is 0. The summed E-state index contributed by atoms with van der Waals surface area (Å²) in [6.07, 6.45) is 2.94. The third-order valence-corrected chi connectivity index (χ3v) is 1.28. The molecule has 0 aromatic heterocycles. The molecule has 1 heterocycles. The van der Waals surface area contributed by atoms with E-state index in [4.69, 9.17) is 0 Å². The molecule has 2 amide bonds. The molecule has 12 heavy (non-hydrogen) atoms. The van der Waals surface area contributed by atoms with E-state index in [0.29, 0.717) is 5.84 Å². The van der Waals surface area contributed by atoms with Crippen LogP contribution >= 0.6 is 0 Å². The SMILES string of the molecule is C=C/C=N\N1CN=C(C)NC1=O. The number of amidine groups is 1. The Morgan fingerprint density at radius 2 is 2.58 bits per heavy atom. The van der Waals surface area contributed by atoms with Gasteiger partial charge in [0.25, 0.3) is 0 Å². The van der Waals surface area contributed by atoms with Crippen LogP contribution in [0.4, 0.5) is 4.79 Å². The number of hydrazone groups is 1. The number of carbonyl (C=O) groups is 1. The van der Waals surface area contributed by atoms with Gasteiger partial charge in [0.05, 0.1) is 0 Å². The van der Waals surface area contributed by atoms with Crippen molar-refractivity contribution in [2.45, 2.75) is 6.92 Å². The van der Waals surface area contributed by atoms with Gasteiger partial charge in [-0.25, -0.2) is 9.79 Å². The Morgan fingerprint density at radius 3 is 3.17 bits per heavy atom. The lowest BCUT2D eigenvalue weighted by Crippen LogP contribution is -2.43. The zero-order valence-electron chi connectivity index (χ0n) is 6.82. The molecule has 0 spiro atoms. The van der Waals surface area contributed by atoms with Crippen LogP contribution in [-0.4, -0.2) is 29.8 Å². The van der Waals surface area contributed by atoms with Crippen molar-refractivity contribution < 1.29 is 4.79 Å². The molecule has 64 valence electrons. The predicted molar refractivity (Wildman–Crippen MR) is 47.0 cm³/mol. The number of rotatable bonds is 2. The van der Waals surface area contributed by atoms with Crippen LogP contribution in [0.15, 0.2) is 22.7 Å². The summed E-state index contributed by atoms with van der Waals surface area (Å²) in [4.78, 5) is 15.1. The molecule has 0 aromatic rings. The molecule has 1 rings (SSSR count). The average Bonchev–Trinajstić information content (AvgIpc) is 2.03. The van der Waals surface area contributed by atoms with Crippen molar-refractivity contribution in [3.05, 3.63) is 12.7 Å². The maximum atomic E-state index is 11.1. The zero-order valence-corrected chi connectivity index (χ0v) is 6.82. The van der Waals surface area contributed by atoms with Crippen molar-refractivity contribution in [2.24, 2.45) is 10.1 Å². The fraction of sp³-hybridized carbons (Fsp3) is 0.286. The van der Waals surface area contributed by atoms with Gasteiger partial charge in [-0.05, 0) is 13.0 Å². The largest absolute Gasteiger partial charge is 0.344 e. The van der Waals surface area contributed by atoms with Crippen molar-refractivity contribution in [1.29, 1.82) is 0 Å². The molecule has 0 atom stereocenters. The molecule has 0 saturated heterocycles. The highest BCUT2D eigenvalue weighted by Crippen LogP contribution is 1.96. The van der Waals surface area contributed by atoms with Gasteiger partial charge in [-0.2, -0.15) is 10.1 Å². The van der Waals surface area contributed by atoms with E-state index in [1.165, 1.54) is 17.3 Å². The van der Waals surface area contributed by atoms with Crippen LogP contribution in [0, 0.1) is 0 Å². The second-order valence-electron chi connectivity index (χ2n) is 2.21. The second-order valence-corrected chi connectivity index (χ2v) is 2.21. The highest BCUT2D eigenvalue weighted by atomic mass is 16.2. The number of allylic oxidation sites excluding steroid dienone is 1. The summed E-state index contributed by atoms with van der Waals surface area (Å²) >= 11 is 0. The first-order chi connectivity index (χ1) is 5.74. The summed E-state index contributed by atoms with van der Waals surface area (Å²) in [5.74, 6) is 0.616. The normalized spacial score (nSPS) is 17.6. The Hall–Kier alpha value is -1.65. The number of nitrogens with one attached hydrogen (secondary N) is 1. The summed E-state index contributed by atoms with van der Waals surface area (Å²) < 4.78 is 0. The monoisotopic (exact) mass is 166 g/mol. The van der Waals surface area contributed by atoms with Gasteiger partial charge >= 0.3 is 6.03 Å². The van der Waals surface area contributed by atoms with E-state index in [2.05, 4.69) is 22.0 Å². The maximum Gasteiger partial charge on any atom is 0.344 e. The second kappa shape index (κ2) is 3.66. The third kappa shape index (κ3) is 1.91. The summed E-state index contributed by atoms with van der Waals surface area (Å²) in [6.45, 7) is 5.44. The van der Waals surface area contributed by atoms with Crippen LogP contribution < -0.4 is 5.32 Å². The molecule has 1 N–H and O–H groups in total. The topological polar surface area (TPSA) is 57.1 Å². The van der Waals surface area contributed by atoms with Crippen LogP contribution in [-0.2, 0) is 0 Å². The molecular formula is C7H10N4O. The Kier molecular flexibility index (Phi) is 2.57. The number of urea groups is 1. The quantitative estimate of drug-likeness (QED) is 0.599. The number of aliphatic imine (C=N–C) groups is 1. The Morgan fingerprint density at radius 1 is 1.83 bits per heavy atom. The minimum Gasteiger partial charge on any atom is -0.295 e. The molecule has 0 bridgehead atoms. The lowest BCUT2D eigenvalue weighted by molar-refractivity contribution is 0.204. The lowest BCUT2D eigenvalue weighted by atomic mass is 10.6. The van der Waals surface area contributed by atoms with Crippen molar-refractivity contribution in [3.8, 4) is 0 Å². The highest BCUT2D eigenvalue weighted by Gasteiger charge is 2.15. The van der Waals surface area contributed by atoms with E-state index in [1.54, 1.807) is 6.92 Å². The minimum absolute atomic E-state index is 0.263. The first kappa shape index (κ1) is 8.45. The van der Waals surface area contributed by atoms with Gasteiger partial charge in [-0.15, -0.1) is 0 Å². The van der Waals surface area contributed by atoms with Gasteiger partial charge < -0.3 is 0 Å². The van der Waals surface area contributed by atoms with E-state index in [1.807, 2.05) is 0 Å². The number of hydrogen-bond acceptors (Lipinski definition) is 3. The molecule has 5 heteroatoms. The van der Waals surface area contributed by atoms with E-state index < -0.39 is 0 Å². The van der Waals surface area contributed by atoms with E-state index in [-0.39, 0.29) is 12.7 Å². The van der Waals surface area contributed by atoms with Gasteiger partial charge in [0.1, 0.15) is 12.5 Å². The van der Waals surface area contributed by atoms with Crippen molar-refractivity contribution in [3.63, 3.8) is 0 Å². The highest BCUT2D eigenvalue weighted by molar-refractivity contribution is 5.97. The molecule has 0 radical (unpaired) electrons. The molecular weight excluding hydrogens is 156 g/mol. The summed E-state index contributed by atoms with van der Waals surface area (Å²) in [6, 6.07) is -0.263. The van der Waals surface area contributed by atoms with E-state index >= 15 is 0 Å². The fourth-order valence-corrected chi connectivity index (χ4v) is 0.713. The number of carbonyl (C=O) groups excluding carboxylic acids is 1. The lowest BCUT2D eigenvalue weighted by Gasteiger charge is -2.19. The number of amides is 2. The van der Waals surface area contributed by atoms with Crippen LogP contribution in [0.25, 0.3) is 0 Å². The zero-order chi connectivity index (χ0) is 8.97. The van der Waals surface area contributed by atoms with Gasteiger partial charge in [-0.1, -0.05) is 6.58 Å². The Bertz CT molecular complexity index is 256. The summed E-state index contributed by atoms with van der Waals surface area (Å²) in [5, 5.41) is 7.53. The molecule has 0 aliphatic carbocycles. The van der Waals surface area contributed by atoms with Gasteiger partial charge in [0.15, 0.2) is 0 Å². The van der Waals surface area contributed by atoms with Crippen LogP contribution in [0.5, 0.6) is 0 Å². The first-order valence-corrected chi connectivity index (χ1v) is 3.48. The van der Waals surface area contributed by atoms with Crippen LogP contribution in [0.1, 0.15) is 6.92 Å². The molecule has 0 unspecified atom stereocenters. The standard InChI is InChI=1S/C7H10N4O/c1-3-4-9-11-5-8-6(2)10-7(11)12/h3-4H,1,5H2,2H3,(H,8,10,12)/b9-4-. The van der Waals surface area contributed by atoms with Gasteiger partial charge in [0, 0.05) is 6.21 Å². The van der Waals surface area contributed by atoms with Crippen LogP contribution in [0.3, 0.4) is 0 Å². The number of hydrogen-bond donors (Lipinski definition) is 1. The van der Waals surface area contributed by atoms with E-state index in [0.717, 1.165) is 0 Å². The number of nitrogens with zero attached hydrogens (tertiary/aromatic N) is 3. The maximum absolute atomic E-state index is 11.1. The van der Waals surface area contributed by atoms with E-state index in [9.17, 15) is 4.79 Å². The summed E-state index contributed by atoms with van der Waals surface area (Å²) in [7, 11) is 0. The first-order valence-electron chi connectivity index (χ1n) is 3.48. The molecule has 1 aliphatic rings. The Balaban J connectivity index is 2.63. The third-order valence-electron chi connectivity index (χ3n) is 1.28. The minimum atomic E-state index is -0.263. The fourth-order valence-electron chi connectivity index (χ4n) is 0.713. The van der Waals surface area contributed by atoms with Crippen LogP contribution in [0.2, 0.25) is 0 Å².